The molecular formula is C28H40N6O4. The van der Waals surface area contributed by atoms with Crippen LogP contribution in [-0.4, -0.2) is 66.0 Å². The number of rotatable bonds is 9. The fraction of sp³-hybridized carbons (Fsp3) is 0.500. The van der Waals surface area contributed by atoms with Crippen LogP contribution in [0.15, 0.2) is 34.3 Å². The second-order valence-electron chi connectivity index (χ2n) is 11.3. The van der Waals surface area contributed by atoms with Crippen LogP contribution in [-0.2, 0) is 13.1 Å². The molecule has 2 aromatic carbocycles. The predicted octanol–water partition coefficient (Wildman–Crippen LogP) is 3.92. The predicted molar refractivity (Wildman–Crippen MR) is 155 cm³/mol. The lowest BCUT2D eigenvalue weighted by molar-refractivity contribution is -0.384. The number of fused-ring (bicyclic) bond motifs is 2. The van der Waals surface area contributed by atoms with E-state index in [2.05, 4.69) is 21.0 Å². The highest BCUT2D eigenvalue weighted by Gasteiger charge is 2.23. The molecule has 0 spiro atoms. The van der Waals surface area contributed by atoms with Gasteiger partial charge in [-0.15, -0.1) is 0 Å². The molecule has 0 aliphatic carbocycles. The SMILES string of the molecule is CN(CCC(C)(C)O)c1cc2c(cc1N)C=NC2.CN(CCC(C)(C)O)c1cc2c(cc1[N+](=O)[O-])C=NC2. The Labute approximate surface area is 224 Å². The summed E-state index contributed by atoms with van der Waals surface area (Å²) in [6.07, 6.45) is 4.78. The van der Waals surface area contributed by atoms with Crippen molar-refractivity contribution in [1.29, 1.82) is 0 Å². The lowest BCUT2D eigenvalue weighted by Crippen LogP contribution is -2.28. The van der Waals surface area contributed by atoms with E-state index in [0.29, 0.717) is 31.6 Å². The number of nitro groups is 1. The fourth-order valence-corrected chi connectivity index (χ4v) is 4.21. The summed E-state index contributed by atoms with van der Waals surface area (Å²) in [5.41, 5.74) is 11.2. The van der Waals surface area contributed by atoms with E-state index in [-0.39, 0.29) is 10.6 Å². The van der Waals surface area contributed by atoms with E-state index < -0.39 is 11.2 Å². The first-order valence-electron chi connectivity index (χ1n) is 12.7. The summed E-state index contributed by atoms with van der Waals surface area (Å²) < 4.78 is 0. The lowest BCUT2D eigenvalue weighted by Gasteiger charge is -2.25. The van der Waals surface area contributed by atoms with Crippen LogP contribution in [0.2, 0.25) is 0 Å². The van der Waals surface area contributed by atoms with Crippen molar-refractivity contribution in [3.05, 3.63) is 56.6 Å². The minimum absolute atomic E-state index is 0.0790. The van der Waals surface area contributed by atoms with Crippen molar-refractivity contribution in [2.75, 3.05) is 42.7 Å². The van der Waals surface area contributed by atoms with Crippen molar-refractivity contribution < 1.29 is 15.1 Å². The molecule has 2 aliphatic heterocycles. The van der Waals surface area contributed by atoms with E-state index in [1.54, 1.807) is 33.2 Å². The van der Waals surface area contributed by atoms with Crippen molar-refractivity contribution in [2.45, 2.75) is 64.8 Å². The molecule has 0 saturated heterocycles. The van der Waals surface area contributed by atoms with Crippen LogP contribution in [0, 0.1) is 10.1 Å². The smallest absolute Gasteiger partial charge is 0.293 e. The topological polar surface area (TPSA) is 141 Å². The number of nitrogens with two attached hydrogens (primary N) is 1. The lowest BCUT2D eigenvalue weighted by atomic mass is 10.0. The number of hydrogen-bond acceptors (Lipinski definition) is 9. The van der Waals surface area contributed by atoms with Gasteiger partial charge < -0.3 is 25.7 Å². The second kappa shape index (κ2) is 11.5. The molecule has 0 saturated carbocycles. The third-order valence-corrected chi connectivity index (χ3v) is 6.65. The van der Waals surface area contributed by atoms with E-state index in [1.165, 1.54) is 5.56 Å². The van der Waals surface area contributed by atoms with Gasteiger partial charge in [0.2, 0.25) is 0 Å². The van der Waals surface area contributed by atoms with Crippen LogP contribution in [0.5, 0.6) is 0 Å². The van der Waals surface area contributed by atoms with Gasteiger partial charge in [-0.05, 0) is 75.4 Å². The van der Waals surface area contributed by atoms with Gasteiger partial charge in [0.05, 0.1) is 40.6 Å². The minimum Gasteiger partial charge on any atom is -0.397 e. The standard InChI is InChI=1S/C14H19N3O3.C14H21N3O/c1-14(2,18)4-5-16(3)12-6-10-8-15-9-11(10)7-13(12)17(19)20;1-14(2,18)4-5-17(3)13-7-11-9-16-8-10(11)6-12(13)15/h6-7,9,18H,4-5,8H2,1-3H3;6-8,18H,4-5,9,15H2,1-3H3. The molecule has 0 unspecified atom stereocenters. The Morgan fingerprint density at radius 2 is 1.32 bits per heavy atom. The molecule has 0 amide bonds. The van der Waals surface area contributed by atoms with E-state index in [1.807, 2.05) is 44.1 Å². The van der Waals surface area contributed by atoms with E-state index in [4.69, 9.17) is 5.73 Å². The van der Waals surface area contributed by atoms with Gasteiger partial charge >= 0.3 is 0 Å². The number of benzene rings is 2. The maximum Gasteiger partial charge on any atom is 0.293 e. The van der Waals surface area contributed by atoms with Crippen LogP contribution in [0.3, 0.4) is 0 Å². The molecule has 4 N–H and O–H groups in total. The summed E-state index contributed by atoms with van der Waals surface area (Å²) in [7, 11) is 3.80. The fourth-order valence-electron chi connectivity index (χ4n) is 4.21. The Morgan fingerprint density at radius 3 is 1.79 bits per heavy atom. The summed E-state index contributed by atoms with van der Waals surface area (Å²) >= 11 is 0. The zero-order valence-corrected chi connectivity index (χ0v) is 23.2. The molecule has 10 nitrogen and oxygen atoms in total. The summed E-state index contributed by atoms with van der Waals surface area (Å²) in [6, 6.07) is 7.47. The monoisotopic (exact) mass is 524 g/mol. The maximum absolute atomic E-state index is 11.2. The van der Waals surface area contributed by atoms with Crippen molar-refractivity contribution >= 4 is 35.2 Å². The molecule has 0 fully saturated rings. The average molecular weight is 525 g/mol. The van der Waals surface area contributed by atoms with Crippen molar-refractivity contribution in [3.8, 4) is 0 Å². The first kappa shape index (κ1) is 29.1. The number of anilines is 3. The highest BCUT2D eigenvalue weighted by atomic mass is 16.6. The van der Waals surface area contributed by atoms with Crippen LogP contribution >= 0.6 is 0 Å². The number of nitro benzene ring substituents is 1. The third-order valence-electron chi connectivity index (χ3n) is 6.65. The van der Waals surface area contributed by atoms with E-state index in [0.717, 1.165) is 41.2 Å². The minimum atomic E-state index is -0.789. The molecule has 38 heavy (non-hydrogen) atoms. The molecule has 4 rings (SSSR count). The van der Waals surface area contributed by atoms with Gasteiger partial charge in [-0.25, -0.2) is 0 Å². The van der Waals surface area contributed by atoms with Gasteiger partial charge in [-0.2, -0.15) is 0 Å². The zero-order valence-electron chi connectivity index (χ0n) is 23.2. The quantitative estimate of drug-likeness (QED) is 0.256. The van der Waals surface area contributed by atoms with Crippen LogP contribution < -0.4 is 15.5 Å². The van der Waals surface area contributed by atoms with E-state index in [9.17, 15) is 20.3 Å². The van der Waals surface area contributed by atoms with Crippen molar-refractivity contribution in [3.63, 3.8) is 0 Å². The van der Waals surface area contributed by atoms with Crippen LogP contribution in [0.4, 0.5) is 22.7 Å². The van der Waals surface area contributed by atoms with Crippen LogP contribution in [0.25, 0.3) is 0 Å². The molecule has 10 heteroatoms. The summed E-state index contributed by atoms with van der Waals surface area (Å²) in [6.45, 7) is 9.72. The summed E-state index contributed by atoms with van der Waals surface area (Å²) in [5, 5.41) is 30.7. The van der Waals surface area contributed by atoms with Crippen molar-refractivity contribution in [1.82, 2.24) is 0 Å². The molecule has 0 atom stereocenters. The molecule has 2 aromatic rings. The third kappa shape index (κ3) is 7.75. The number of hydrogen-bond donors (Lipinski definition) is 3. The number of aliphatic imine (C=N–C) groups is 2. The maximum atomic E-state index is 11.2. The first-order valence-corrected chi connectivity index (χ1v) is 12.7. The summed E-state index contributed by atoms with van der Waals surface area (Å²) in [4.78, 5) is 23.1. The van der Waals surface area contributed by atoms with Gasteiger partial charge in [0.25, 0.3) is 5.69 Å². The Kier molecular flexibility index (Phi) is 8.79. The Morgan fingerprint density at radius 1 is 0.868 bits per heavy atom. The molecule has 2 aliphatic rings. The Balaban J connectivity index is 0.000000212. The normalized spacial score (nSPS) is 13.6. The van der Waals surface area contributed by atoms with Crippen LogP contribution in [0.1, 0.15) is 62.8 Å². The molecule has 0 radical (unpaired) electrons. The number of aliphatic hydroxyl groups is 2. The van der Waals surface area contributed by atoms with E-state index >= 15 is 0 Å². The van der Waals surface area contributed by atoms with Gasteiger partial charge in [0.1, 0.15) is 5.69 Å². The van der Waals surface area contributed by atoms with Gasteiger partial charge in [-0.3, -0.25) is 20.1 Å². The number of nitrogen functional groups attached to an aromatic ring is 1. The first-order chi connectivity index (χ1) is 17.6. The largest absolute Gasteiger partial charge is 0.397 e. The molecule has 2 heterocycles. The van der Waals surface area contributed by atoms with Gasteiger partial charge in [-0.1, -0.05) is 0 Å². The number of nitrogens with zero attached hydrogens (tertiary/aromatic N) is 5. The van der Waals surface area contributed by atoms with Crippen molar-refractivity contribution in [2.24, 2.45) is 9.98 Å². The second-order valence-corrected chi connectivity index (χ2v) is 11.3. The summed E-state index contributed by atoms with van der Waals surface area (Å²) in [5.74, 6) is 0. The zero-order chi connectivity index (χ0) is 28.3. The average Bonchev–Trinajstić information content (AvgIpc) is 3.47. The molecular weight excluding hydrogens is 484 g/mol. The van der Waals surface area contributed by atoms with Gasteiger partial charge in [0.15, 0.2) is 0 Å². The Hall–Kier alpha value is -3.50. The molecule has 0 bridgehead atoms. The highest BCUT2D eigenvalue weighted by Crippen LogP contribution is 2.33. The molecule has 0 aromatic heterocycles. The Bertz CT molecular complexity index is 1230. The van der Waals surface area contributed by atoms with Gasteiger partial charge in [0, 0.05) is 51.2 Å². The highest BCUT2D eigenvalue weighted by molar-refractivity contribution is 5.89. The molecule has 206 valence electrons.